The Bertz CT molecular complexity index is 1270. The average molecular weight is 501 g/mol. The number of pyridine rings is 2. The SMILES string of the molecule is CCCn1cnnc1-c1cccc(N2Cc3c(cc(N4CCCC4C(F)(F)F)nc3CNC)C2=O)n1. The summed E-state index contributed by atoms with van der Waals surface area (Å²) >= 11 is 0. The van der Waals surface area contributed by atoms with Gasteiger partial charge in [0.05, 0.1) is 17.8 Å². The van der Waals surface area contributed by atoms with Crippen molar-refractivity contribution in [1.29, 1.82) is 0 Å². The number of fused-ring (bicyclic) bond motifs is 1. The highest BCUT2D eigenvalue weighted by Gasteiger charge is 2.47. The Labute approximate surface area is 206 Å². The lowest BCUT2D eigenvalue weighted by Crippen LogP contribution is -2.41. The highest BCUT2D eigenvalue weighted by atomic mass is 19.4. The van der Waals surface area contributed by atoms with E-state index in [2.05, 4.69) is 32.4 Å². The van der Waals surface area contributed by atoms with Gasteiger partial charge >= 0.3 is 6.18 Å². The third-order valence-electron chi connectivity index (χ3n) is 6.58. The molecule has 3 aromatic heterocycles. The fourth-order valence-corrected chi connectivity index (χ4v) is 4.94. The van der Waals surface area contributed by atoms with Gasteiger partial charge in [-0.3, -0.25) is 9.69 Å². The van der Waals surface area contributed by atoms with E-state index in [1.807, 2.05) is 10.6 Å². The third kappa shape index (κ3) is 4.29. The maximum Gasteiger partial charge on any atom is 0.408 e. The first kappa shape index (κ1) is 24.2. The van der Waals surface area contributed by atoms with E-state index in [1.54, 1.807) is 25.5 Å². The highest BCUT2D eigenvalue weighted by molar-refractivity contribution is 6.10. The van der Waals surface area contributed by atoms with Crippen LogP contribution in [-0.2, 0) is 19.6 Å². The summed E-state index contributed by atoms with van der Waals surface area (Å²) in [5.41, 5.74) is 2.20. The first-order valence-electron chi connectivity index (χ1n) is 12.0. The second-order valence-electron chi connectivity index (χ2n) is 9.00. The van der Waals surface area contributed by atoms with Crippen LogP contribution in [0.4, 0.5) is 24.8 Å². The molecule has 2 aliphatic heterocycles. The summed E-state index contributed by atoms with van der Waals surface area (Å²) in [5.74, 6) is 0.915. The molecule has 0 aliphatic carbocycles. The van der Waals surface area contributed by atoms with Gasteiger partial charge in [0.15, 0.2) is 5.82 Å². The van der Waals surface area contributed by atoms with E-state index in [-0.39, 0.29) is 31.2 Å². The van der Waals surface area contributed by atoms with E-state index in [0.717, 1.165) is 13.0 Å². The maximum absolute atomic E-state index is 13.6. The van der Waals surface area contributed by atoms with E-state index < -0.39 is 12.2 Å². The minimum Gasteiger partial charge on any atom is -0.345 e. The molecule has 190 valence electrons. The van der Waals surface area contributed by atoms with Crippen LogP contribution in [0.2, 0.25) is 0 Å². The van der Waals surface area contributed by atoms with Gasteiger partial charge in [-0.05, 0) is 44.5 Å². The summed E-state index contributed by atoms with van der Waals surface area (Å²) in [4.78, 5) is 25.6. The van der Waals surface area contributed by atoms with Crippen molar-refractivity contribution in [3.05, 3.63) is 47.4 Å². The van der Waals surface area contributed by atoms with Gasteiger partial charge in [-0.1, -0.05) is 13.0 Å². The zero-order chi connectivity index (χ0) is 25.4. The molecule has 36 heavy (non-hydrogen) atoms. The summed E-state index contributed by atoms with van der Waals surface area (Å²) in [6.45, 7) is 3.60. The van der Waals surface area contributed by atoms with Crippen molar-refractivity contribution < 1.29 is 18.0 Å². The van der Waals surface area contributed by atoms with Crippen LogP contribution >= 0.6 is 0 Å². The summed E-state index contributed by atoms with van der Waals surface area (Å²) in [6.07, 6.45) is -1.37. The van der Waals surface area contributed by atoms with Crippen molar-refractivity contribution in [2.75, 3.05) is 23.4 Å². The molecule has 0 radical (unpaired) electrons. The number of halogens is 3. The van der Waals surface area contributed by atoms with Crippen molar-refractivity contribution >= 4 is 17.5 Å². The molecule has 9 nitrogen and oxygen atoms in total. The van der Waals surface area contributed by atoms with E-state index in [4.69, 9.17) is 0 Å². The molecule has 0 saturated carbocycles. The molecule has 0 aromatic carbocycles. The number of amides is 1. The fraction of sp³-hybridized carbons (Fsp3) is 0.458. The van der Waals surface area contributed by atoms with Gasteiger partial charge in [-0.15, -0.1) is 10.2 Å². The van der Waals surface area contributed by atoms with E-state index >= 15 is 0 Å². The number of hydrogen-bond donors (Lipinski definition) is 1. The van der Waals surface area contributed by atoms with Crippen LogP contribution in [0.5, 0.6) is 0 Å². The number of rotatable bonds is 7. The number of aryl methyl sites for hydroxylation is 1. The van der Waals surface area contributed by atoms with Crippen LogP contribution in [0.15, 0.2) is 30.6 Å². The predicted molar refractivity (Wildman–Crippen MR) is 127 cm³/mol. The molecule has 1 unspecified atom stereocenters. The first-order chi connectivity index (χ1) is 17.3. The molecule has 1 fully saturated rings. The third-order valence-corrected chi connectivity index (χ3v) is 6.58. The number of carbonyl (C=O) groups is 1. The first-order valence-corrected chi connectivity index (χ1v) is 12.0. The van der Waals surface area contributed by atoms with Gasteiger partial charge in [0.2, 0.25) is 0 Å². The Morgan fingerprint density at radius 3 is 2.78 bits per heavy atom. The maximum atomic E-state index is 13.6. The van der Waals surface area contributed by atoms with Crippen molar-refractivity contribution in [3.63, 3.8) is 0 Å². The zero-order valence-electron chi connectivity index (χ0n) is 20.1. The quantitative estimate of drug-likeness (QED) is 0.530. The molecule has 12 heteroatoms. The topological polar surface area (TPSA) is 92.1 Å². The fourth-order valence-electron chi connectivity index (χ4n) is 4.94. The Balaban J connectivity index is 1.50. The number of hydrogen-bond acceptors (Lipinski definition) is 7. The number of anilines is 2. The Kier molecular flexibility index (Phi) is 6.37. The number of nitrogens with one attached hydrogen (secondary N) is 1. The lowest BCUT2D eigenvalue weighted by atomic mass is 10.1. The standard InChI is InChI=1S/C24H27F3N8O/c1-3-9-33-14-29-32-22(33)17-6-4-8-20(30-17)35-13-16-15(23(35)36)11-21(31-18(16)12-28-2)34-10-5-7-19(34)24(25,26)27/h4,6,8,11,14,19,28H,3,5,7,9-10,12-13H2,1-2H3. The van der Waals surface area contributed by atoms with Gasteiger partial charge in [-0.25, -0.2) is 9.97 Å². The Morgan fingerprint density at radius 1 is 1.19 bits per heavy atom. The van der Waals surface area contributed by atoms with Gasteiger partial charge in [0, 0.05) is 25.2 Å². The smallest absolute Gasteiger partial charge is 0.345 e. The second-order valence-corrected chi connectivity index (χ2v) is 9.00. The molecule has 5 rings (SSSR count). The average Bonchev–Trinajstić information content (AvgIpc) is 3.59. The van der Waals surface area contributed by atoms with E-state index in [1.165, 1.54) is 15.9 Å². The molecular formula is C24H27F3N8O. The van der Waals surface area contributed by atoms with Crippen LogP contribution in [0, 0.1) is 0 Å². The molecule has 1 N–H and O–H groups in total. The lowest BCUT2D eigenvalue weighted by molar-refractivity contribution is -0.146. The monoisotopic (exact) mass is 500 g/mol. The molecule has 1 amide bonds. The van der Waals surface area contributed by atoms with E-state index in [0.29, 0.717) is 47.1 Å². The summed E-state index contributed by atoms with van der Waals surface area (Å²) in [7, 11) is 1.74. The van der Waals surface area contributed by atoms with Gasteiger partial charge in [0.25, 0.3) is 5.91 Å². The van der Waals surface area contributed by atoms with Crippen molar-refractivity contribution in [3.8, 4) is 11.5 Å². The van der Waals surface area contributed by atoms with Crippen LogP contribution in [0.1, 0.15) is 47.8 Å². The number of alkyl halides is 3. The summed E-state index contributed by atoms with van der Waals surface area (Å²) in [6, 6.07) is 5.25. The van der Waals surface area contributed by atoms with Gasteiger partial charge < -0.3 is 14.8 Å². The van der Waals surface area contributed by atoms with Crippen LogP contribution in [0.25, 0.3) is 11.5 Å². The second kappa shape index (κ2) is 9.49. The van der Waals surface area contributed by atoms with Crippen molar-refractivity contribution in [2.24, 2.45) is 0 Å². The highest BCUT2D eigenvalue weighted by Crippen LogP contribution is 2.38. The predicted octanol–water partition coefficient (Wildman–Crippen LogP) is 3.56. The van der Waals surface area contributed by atoms with Gasteiger partial charge in [0.1, 0.15) is 29.7 Å². The molecular weight excluding hydrogens is 473 g/mol. The Hall–Kier alpha value is -3.54. The Morgan fingerprint density at radius 2 is 2.03 bits per heavy atom. The van der Waals surface area contributed by atoms with Crippen LogP contribution < -0.4 is 15.1 Å². The molecule has 2 aliphatic rings. The normalized spacial score (nSPS) is 17.8. The molecule has 3 aromatic rings. The van der Waals surface area contributed by atoms with Crippen LogP contribution in [-0.4, -0.2) is 56.5 Å². The van der Waals surface area contributed by atoms with Gasteiger partial charge in [-0.2, -0.15) is 13.2 Å². The summed E-state index contributed by atoms with van der Waals surface area (Å²) in [5, 5.41) is 11.2. The minimum atomic E-state index is -4.36. The largest absolute Gasteiger partial charge is 0.408 e. The summed E-state index contributed by atoms with van der Waals surface area (Å²) < 4.78 is 42.8. The van der Waals surface area contributed by atoms with Crippen LogP contribution in [0.3, 0.4) is 0 Å². The number of nitrogens with zero attached hydrogens (tertiary/aromatic N) is 7. The van der Waals surface area contributed by atoms with Crippen molar-refractivity contribution in [2.45, 2.75) is 58.0 Å². The van der Waals surface area contributed by atoms with E-state index in [9.17, 15) is 18.0 Å². The van der Waals surface area contributed by atoms with Crippen molar-refractivity contribution in [1.82, 2.24) is 30.0 Å². The molecule has 1 atom stereocenters. The lowest BCUT2D eigenvalue weighted by Gasteiger charge is -2.28. The zero-order valence-corrected chi connectivity index (χ0v) is 20.1. The number of aromatic nitrogens is 5. The number of carbonyl (C=O) groups excluding carboxylic acids is 1. The minimum absolute atomic E-state index is 0.0169. The molecule has 5 heterocycles. The molecule has 1 saturated heterocycles. The molecule has 0 bridgehead atoms. The molecule has 0 spiro atoms.